The first-order valence-electron chi connectivity index (χ1n) is 7.98. The molecule has 0 atom stereocenters. The molecule has 5 rings (SSSR count). The Balaban J connectivity index is 1.65. The van der Waals surface area contributed by atoms with Crippen molar-refractivity contribution >= 4 is 28.5 Å². The number of aromatic nitrogens is 3. The summed E-state index contributed by atoms with van der Waals surface area (Å²) in [6.07, 6.45) is 14.7. The van der Waals surface area contributed by atoms with Crippen molar-refractivity contribution in [3.63, 3.8) is 0 Å². The van der Waals surface area contributed by atoms with Crippen LogP contribution in [0.2, 0.25) is 5.02 Å². The highest BCUT2D eigenvalue weighted by Gasteiger charge is 2.25. The fourth-order valence-corrected chi connectivity index (χ4v) is 3.58. The van der Waals surface area contributed by atoms with E-state index in [0.717, 1.165) is 52.7 Å². The van der Waals surface area contributed by atoms with Gasteiger partial charge in [0.2, 0.25) is 0 Å². The summed E-state index contributed by atoms with van der Waals surface area (Å²) in [7, 11) is 0. The van der Waals surface area contributed by atoms with E-state index in [1.54, 1.807) is 0 Å². The van der Waals surface area contributed by atoms with Crippen molar-refractivity contribution in [2.75, 3.05) is 0 Å². The SMILES string of the molecule is Clc1c(C2=C3C=CN=C3CC=C2)ccn2c(CC3CC3)nnc12. The van der Waals surface area contributed by atoms with Gasteiger partial charge >= 0.3 is 0 Å². The molecule has 0 amide bonds. The zero-order valence-electron chi connectivity index (χ0n) is 12.5. The quantitative estimate of drug-likeness (QED) is 0.856. The van der Waals surface area contributed by atoms with Crippen molar-refractivity contribution in [3.8, 4) is 0 Å². The molecule has 3 heterocycles. The van der Waals surface area contributed by atoms with Gasteiger partial charge in [-0.05, 0) is 36.5 Å². The Kier molecular flexibility index (Phi) is 2.82. The molecule has 1 fully saturated rings. The molecule has 0 unspecified atom stereocenters. The summed E-state index contributed by atoms with van der Waals surface area (Å²) >= 11 is 6.68. The summed E-state index contributed by atoms with van der Waals surface area (Å²) in [5.41, 5.74) is 5.12. The second kappa shape index (κ2) is 4.90. The van der Waals surface area contributed by atoms with E-state index in [0.29, 0.717) is 5.02 Å². The molecule has 0 saturated heterocycles. The Hall–Kier alpha value is -2.20. The van der Waals surface area contributed by atoms with Gasteiger partial charge in [-0.3, -0.25) is 9.39 Å². The van der Waals surface area contributed by atoms with Gasteiger partial charge in [0.25, 0.3) is 0 Å². The highest BCUT2D eigenvalue weighted by Crippen LogP contribution is 2.36. The van der Waals surface area contributed by atoms with Crippen LogP contribution < -0.4 is 0 Å². The number of hydrogen-bond acceptors (Lipinski definition) is 3. The molecule has 2 aromatic rings. The Morgan fingerprint density at radius 3 is 2.96 bits per heavy atom. The van der Waals surface area contributed by atoms with Crippen molar-refractivity contribution in [1.29, 1.82) is 0 Å². The average Bonchev–Trinajstić information content (AvgIpc) is 3.08. The summed E-state index contributed by atoms with van der Waals surface area (Å²) in [5.74, 6) is 1.78. The maximum atomic E-state index is 6.68. The summed E-state index contributed by atoms with van der Waals surface area (Å²) in [6.45, 7) is 0. The van der Waals surface area contributed by atoms with E-state index in [-0.39, 0.29) is 0 Å². The van der Waals surface area contributed by atoms with Crippen LogP contribution in [0.25, 0.3) is 11.2 Å². The summed E-state index contributed by atoms with van der Waals surface area (Å²) < 4.78 is 2.03. The van der Waals surface area contributed by atoms with E-state index in [4.69, 9.17) is 11.6 Å². The second-order valence-electron chi connectivity index (χ2n) is 6.33. The van der Waals surface area contributed by atoms with Crippen LogP contribution in [0.3, 0.4) is 0 Å². The number of pyridine rings is 1. The topological polar surface area (TPSA) is 42.5 Å². The van der Waals surface area contributed by atoms with Crippen LogP contribution >= 0.6 is 11.6 Å². The van der Waals surface area contributed by atoms with Crippen LogP contribution in [0.15, 0.2) is 47.3 Å². The van der Waals surface area contributed by atoms with Crippen molar-refractivity contribution in [2.45, 2.75) is 25.7 Å². The molecule has 3 aliphatic rings. The highest BCUT2D eigenvalue weighted by atomic mass is 35.5. The number of hydrogen-bond donors (Lipinski definition) is 0. The molecule has 5 heteroatoms. The lowest BCUT2D eigenvalue weighted by Crippen LogP contribution is -2.04. The van der Waals surface area contributed by atoms with Crippen LogP contribution in [-0.2, 0) is 6.42 Å². The van der Waals surface area contributed by atoms with E-state index >= 15 is 0 Å². The summed E-state index contributed by atoms with van der Waals surface area (Å²) in [6, 6.07) is 2.07. The third-order valence-electron chi connectivity index (χ3n) is 4.72. The van der Waals surface area contributed by atoms with Crippen LogP contribution in [0.5, 0.6) is 0 Å². The first kappa shape index (κ1) is 13.3. The highest BCUT2D eigenvalue weighted by molar-refractivity contribution is 6.35. The minimum Gasteiger partial charge on any atom is -0.285 e. The predicted molar refractivity (Wildman–Crippen MR) is 91.7 cm³/mol. The monoisotopic (exact) mass is 322 g/mol. The van der Waals surface area contributed by atoms with Crippen LogP contribution in [0, 0.1) is 5.92 Å². The Morgan fingerprint density at radius 1 is 1.17 bits per heavy atom. The van der Waals surface area contributed by atoms with Gasteiger partial charge in [0, 0.05) is 36.4 Å². The van der Waals surface area contributed by atoms with Gasteiger partial charge in [-0.15, -0.1) is 10.2 Å². The van der Waals surface area contributed by atoms with Crippen molar-refractivity contribution in [1.82, 2.24) is 14.6 Å². The van der Waals surface area contributed by atoms with E-state index in [9.17, 15) is 0 Å². The zero-order valence-corrected chi connectivity index (χ0v) is 13.3. The lowest BCUT2D eigenvalue weighted by molar-refractivity contribution is 0.758. The molecule has 1 aliphatic heterocycles. The number of allylic oxidation sites excluding steroid dienone is 5. The van der Waals surface area contributed by atoms with E-state index in [1.165, 1.54) is 12.8 Å². The second-order valence-corrected chi connectivity index (χ2v) is 6.70. The number of nitrogens with zero attached hydrogens (tertiary/aromatic N) is 4. The Bertz CT molecular complexity index is 941. The molecule has 0 radical (unpaired) electrons. The van der Waals surface area contributed by atoms with Gasteiger partial charge < -0.3 is 0 Å². The molecule has 0 spiro atoms. The van der Waals surface area contributed by atoms with Gasteiger partial charge in [0.05, 0.1) is 10.7 Å². The third-order valence-corrected chi connectivity index (χ3v) is 5.09. The number of fused-ring (bicyclic) bond motifs is 2. The van der Waals surface area contributed by atoms with Gasteiger partial charge in [-0.2, -0.15) is 0 Å². The smallest absolute Gasteiger partial charge is 0.180 e. The maximum Gasteiger partial charge on any atom is 0.180 e. The fraction of sp³-hybridized carbons (Fsp3) is 0.278. The Morgan fingerprint density at radius 2 is 2.09 bits per heavy atom. The predicted octanol–water partition coefficient (Wildman–Crippen LogP) is 4.02. The van der Waals surface area contributed by atoms with Gasteiger partial charge in [0.1, 0.15) is 5.82 Å². The molecular formula is C18H15ClN4. The van der Waals surface area contributed by atoms with Gasteiger partial charge in [-0.25, -0.2) is 0 Å². The average molecular weight is 323 g/mol. The van der Waals surface area contributed by atoms with E-state index in [1.807, 2.05) is 16.8 Å². The molecule has 1 saturated carbocycles. The van der Waals surface area contributed by atoms with Crippen LogP contribution in [0.4, 0.5) is 0 Å². The molecule has 2 aliphatic carbocycles. The lowest BCUT2D eigenvalue weighted by Gasteiger charge is -2.14. The van der Waals surface area contributed by atoms with Crippen molar-refractivity contribution in [2.24, 2.45) is 10.9 Å². The zero-order chi connectivity index (χ0) is 15.4. The number of halogens is 1. The first-order chi connectivity index (χ1) is 11.3. The van der Waals surface area contributed by atoms with E-state index < -0.39 is 0 Å². The van der Waals surface area contributed by atoms with Gasteiger partial charge in [-0.1, -0.05) is 23.8 Å². The lowest BCUT2D eigenvalue weighted by atomic mass is 9.92. The minimum atomic E-state index is 0.663. The molecule has 23 heavy (non-hydrogen) atoms. The molecule has 0 N–H and O–H groups in total. The van der Waals surface area contributed by atoms with Crippen molar-refractivity contribution in [3.05, 3.63) is 58.7 Å². The van der Waals surface area contributed by atoms with Crippen molar-refractivity contribution < 1.29 is 0 Å². The number of rotatable bonds is 3. The fourth-order valence-electron chi connectivity index (χ4n) is 3.29. The van der Waals surface area contributed by atoms with Gasteiger partial charge in [0.15, 0.2) is 5.65 Å². The molecular weight excluding hydrogens is 308 g/mol. The first-order valence-corrected chi connectivity index (χ1v) is 8.36. The third kappa shape index (κ3) is 2.09. The van der Waals surface area contributed by atoms with E-state index in [2.05, 4.69) is 39.5 Å². The molecule has 114 valence electrons. The molecule has 0 bridgehead atoms. The minimum absolute atomic E-state index is 0.663. The summed E-state index contributed by atoms with van der Waals surface area (Å²) in [4.78, 5) is 4.42. The normalized spacial score (nSPS) is 19.6. The standard InChI is InChI=1S/C18H15ClN4/c19-17-14(12-2-1-3-15-13(12)6-8-20-15)7-9-23-16(10-11-4-5-11)21-22-18(17)23/h1-2,6-9,11H,3-5,10H2. The molecule has 0 aromatic carbocycles. The number of aliphatic imine (C=N–C) groups is 1. The summed E-state index contributed by atoms with van der Waals surface area (Å²) in [5, 5.41) is 9.33. The molecule has 4 nitrogen and oxygen atoms in total. The maximum absolute atomic E-state index is 6.68. The molecule has 2 aromatic heterocycles. The Labute approximate surface area is 138 Å². The largest absolute Gasteiger partial charge is 0.285 e. The van der Waals surface area contributed by atoms with Crippen LogP contribution in [0.1, 0.15) is 30.7 Å². The van der Waals surface area contributed by atoms with Crippen LogP contribution in [-0.4, -0.2) is 20.3 Å².